The van der Waals surface area contributed by atoms with Crippen molar-refractivity contribution < 1.29 is 9.47 Å². The van der Waals surface area contributed by atoms with Crippen LogP contribution in [0.5, 0.6) is 11.5 Å². The Kier molecular flexibility index (Phi) is 4.26. The number of rotatable bonds is 4. The second-order valence-electron chi connectivity index (χ2n) is 3.90. The Morgan fingerprint density at radius 3 is 2.22 bits per heavy atom. The zero-order chi connectivity index (χ0) is 13.0. The molecule has 2 aromatic carbocycles. The van der Waals surface area contributed by atoms with Gasteiger partial charge in [-0.25, -0.2) is 0 Å². The van der Waals surface area contributed by atoms with Crippen molar-refractivity contribution in [2.45, 2.75) is 5.33 Å². The molecule has 94 valence electrons. The maximum atomic E-state index is 5.39. The number of halogens is 1. The minimum atomic E-state index is 0.829. The van der Waals surface area contributed by atoms with E-state index in [2.05, 4.69) is 40.2 Å². The number of benzene rings is 2. The fraction of sp³-hybridized carbons (Fsp3) is 0.200. The molecule has 2 rings (SSSR count). The van der Waals surface area contributed by atoms with Gasteiger partial charge < -0.3 is 9.47 Å². The smallest absolute Gasteiger partial charge is 0.126 e. The monoisotopic (exact) mass is 306 g/mol. The number of ether oxygens (including phenoxy) is 2. The van der Waals surface area contributed by atoms with E-state index in [9.17, 15) is 0 Å². The molecule has 0 fully saturated rings. The summed E-state index contributed by atoms with van der Waals surface area (Å²) in [6.45, 7) is 0. The molecular formula is C15H15BrO2. The van der Waals surface area contributed by atoms with Gasteiger partial charge in [0.15, 0.2) is 0 Å². The van der Waals surface area contributed by atoms with Crippen LogP contribution in [0.1, 0.15) is 5.56 Å². The molecule has 0 spiro atoms. The summed E-state index contributed by atoms with van der Waals surface area (Å²) >= 11 is 3.44. The molecule has 0 saturated carbocycles. The molecule has 0 radical (unpaired) electrons. The second kappa shape index (κ2) is 5.91. The van der Waals surface area contributed by atoms with Gasteiger partial charge in [-0.2, -0.15) is 0 Å². The molecule has 3 heteroatoms. The van der Waals surface area contributed by atoms with Gasteiger partial charge in [0.05, 0.1) is 14.2 Å². The van der Waals surface area contributed by atoms with Crippen molar-refractivity contribution in [2.24, 2.45) is 0 Å². The molecule has 0 aliphatic carbocycles. The molecule has 0 N–H and O–H groups in total. The van der Waals surface area contributed by atoms with E-state index in [0.29, 0.717) is 0 Å². The minimum absolute atomic E-state index is 0.829. The maximum absolute atomic E-state index is 5.39. The summed E-state index contributed by atoms with van der Waals surface area (Å²) < 4.78 is 10.6. The summed E-state index contributed by atoms with van der Waals surface area (Å²) in [6.07, 6.45) is 0. The molecule has 0 heterocycles. The first-order chi connectivity index (χ1) is 8.78. The lowest BCUT2D eigenvalue weighted by Crippen LogP contribution is -1.90. The number of alkyl halides is 1. The standard InChI is InChI=1S/C15H15BrO2/c1-17-13-7-8-15(18-2)14(9-13)12-5-3-11(10-16)4-6-12/h3-9H,10H2,1-2H3. The molecule has 0 amide bonds. The summed E-state index contributed by atoms with van der Waals surface area (Å²) in [5.74, 6) is 1.68. The highest BCUT2D eigenvalue weighted by molar-refractivity contribution is 9.08. The zero-order valence-electron chi connectivity index (χ0n) is 10.4. The van der Waals surface area contributed by atoms with E-state index < -0.39 is 0 Å². The topological polar surface area (TPSA) is 18.5 Å². The lowest BCUT2D eigenvalue weighted by Gasteiger charge is -2.11. The van der Waals surface area contributed by atoms with Crippen molar-refractivity contribution in [1.29, 1.82) is 0 Å². The predicted molar refractivity (Wildman–Crippen MR) is 77.6 cm³/mol. The first kappa shape index (κ1) is 13.0. The fourth-order valence-corrected chi connectivity index (χ4v) is 2.19. The molecule has 2 nitrogen and oxygen atoms in total. The van der Waals surface area contributed by atoms with Crippen LogP contribution in [0.25, 0.3) is 11.1 Å². The summed E-state index contributed by atoms with van der Waals surface area (Å²) in [4.78, 5) is 0. The molecule has 0 unspecified atom stereocenters. The summed E-state index contributed by atoms with van der Waals surface area (Å²) in [5, 5.41) is 0.864. The van der Waals surface area contributed by atoms with E-state index in [1.165, 1.54) is 5.56 Å². The Bertz CT molecular complexity index is 521. The average Bonchev–Trinajstić information content (AvgIpc) is 2.46. The molecule has 0 aliphatic rings. The van der Waals surface area contributed by atoms with E-state index in [-0.39, 0.29) is 0 Å². The number of hydrogen-bond acceptors (Lipinski definition) is 2. The highest BCUT2D eigenvalue weighted by Gasteiger charge is 2.07. The first-order valence-corrected chi connectivity index (χ1v) is 6.78. The van der Waals surface area contributed by atoms with Crippen LogP contribution in [-0.4, -0.2) is 14.2 Å². The third-order valence-corrected chi connectivity index (χ3v) is 3.47. The van der Waals surface area contributed by atoms with E-state index in [0.717, 1.165) is 28.0 Å². The Morgan fingerprint density at radius 1 is 0.944 bits per heavy atom. The van der Waals surface area contributed by atoms with Crippen molar-refractivity contribution >= 4 is 15.9 Å². The zero-order valence-corrected chi connectivity index (χ0v) is 12.0. The first-order valence-electron chi connectivity index (χ1n) is 5.65. The number of methoxy groups -OCH3 is 2. The Balaban J connectivity index is 2.46. The molecular weight excluding hydrogens is 292 g/mol. The molecule has 0 atom stereocenters. The van der Waals surface area contributed by atoms with Gasteiger partial charge in [0, 0.05) is 10.9 Å². The third kappa shape index (κ3) is 2.67. The van der Waals surface area contributed by atoms with Gasteiger partial charge in [-0.15, -0.1) is 0 Å². The highest BCUT2D eigenvalue weighted by atomic mass is 79.9. The lowest BCUT2D eigenvalue weighted by atomic mass is 10.0. The SMILES string of the molecule is COc1ccc(OC)c(-c2ccc(CBr)cc2)c1. The number of hydrogen-bond donors (Lipinski definition) is 0. The van der Waals surface area contributed by atoms with Gasteiger partial charge in [0.25, 0.3) is 0 Å². The van der Waals surface area contributed by atoms with Crippen molar-refractivity contribution in [1.82, 2.24) is 0 Å². The molecule has 0 aromatic heterocycles. The molecule has 0 aliphatic heterocycles. The van der Waals surface area contributed by atoms with Crippen LogP contribution >= 0.6 is 15.9 Å². The van der Waals surface area contributed by atoms with Crippen molar-refractivity contribution in [3.63, 3.8) is 0 Å². The van der Waals surface area contributed by atoms with E-state index in [1.54, 1.807) is 14.2 Å². The quantitative estimate of drug-likeness (QED) is 0.786. The van der Waals surface area contributed by atoms with Gasteiger partial charge in [-0.1, -0.05) is 40.2 Å². The van der Waals surface area contributed by atoms with E-state index in [4.69, 9.17) is 9.47 Å². The van der Waals surface area contributed by atoms with Gasteiger partial charge in [0.1, 0.15) is 11.5 Å². The van der Waals surface area contributed by atoms with E-state index in [1.807, 2.05) is 18.2 Å². The van der Waals surface area contributed by atoms with Gasteiger partial charge in [0.2, 0.25) is 0 Å². The van der Waals surface area contributed by atoms with Crippen LogP contribution < -0.4 is 9.47 Å². The van der Waals surface area contributed by atoms with Crippen LogP contribution in [0.4, 0.5) is 0 Å². The Labute approximate surface area is 116 Å². The second-order valence-corrected chi connectivity index (χ2v) is 4.46. The third-order valence-electron chi connectivity index (χ3n) is 2.83. The Hall–Kier alpha value is -1.48. The summed E-state index contributed by atoms with van der Waals surface area (Å²) in [7, 11) is 3.34. The van der Waals surface area contributed by atoms with Crippen LogP contribution in [0.2, 0.25) is 0 Å². The van der Waals surface area contributed by atoms with Crippen molar-refractivity contribution in [3.05, 3.63) is 48.0 Å². The molecule has 2 aromatic rings. The van der Waals surface area contributed by atoms with Crippen molar-refractivity contribution in [3.8, 4) is 22.6 Å². The lowest BCUT2D eigenvalue weighted by molar-refractivity contribution is 0.404. The Morgan fingerprint density at radius 2 is 1.67 bits per heavy atom. The average molecular weight is 307 g/mol. The largest absolute Gasteiger partial charge is 0.497 e. The summed E-state index contributed by atoms with van der Waals surface area (Å²) in [6, 6.07) is 14.2. The van der Waals surface area contributed by atoms with Gasteiger partial charge >= 0.3 is 0 Å². The van der Waals surface area contributed by atoms with Gasteiger partial charge in [-0.3, -0.25) is 0 Å². The van der Waals surface area contributed by atoms with Gasteiger partial charge in [-0.05, 0) is 29.3 Å². The predicted octanol–water partition coefficient (Wildman–Crippen LogP) is 4.27. The van der Waals surface area contributed by atoms with Crippen LogP contribution in [0.15, 0.2) is 42.5 Å². The summed E-state index contributed by atoms with van der Waals surface area (Å²) in [5.41, 5.74) is 3.41. The minimum Gasteiger partial charge on any atom is -0.497 e. The highest BCUT2D eigenvalue weighted by Crippen LogP contribution is 2.33. The maximum Gasteiger partial charge on any atom is 0.126 e. The molecule has 0 saturated heterocycles. The van der Waals surface area contributed by atoms with Crippen LogP contribution in [-0.2, 0) is 5.33 Å². The van der Waals surface area contributed by atoms with E-state index >= 15 is 0 Å². The van der Waals surface area contributed by atoms with Crippen LogP contribution in [0, 0.1) is 0 Å². The van der Waals surface area contributed by atoms with Crippen LogP contribution in [0.3, 0.4) is 0 Å². The molecule has 0 bridgehead atoms. The molecule has 18 heavy (non-hydrogen) atoms. The van der Waals surface area contributed by atoms with Crippen molar-refractivity contribution in [2.75, 3.05) is 14.2 Å². The fourth-order valence-electron chi connectivity index (χ4n) is 1.81. The normalized spacial score (nSPS) is 10.2.